The third-order valence-electron chi connectivity index (χ3n) is 5.45. The van der Waals surface area contributed by atoms with Gasteiger partial charge in [0.05, 0.1) is 6.10 Å². The molecule has 3 aromatic carbocycles. The summed E-state index contributed by atoms with van der Waals surface area (Å²) in [5, 5.41) is 6.02. The van der Waals surface area contributed by atoms with Crippen molar-refractivity contribution in [3.8, 4) is 0 Å². The molecule has 1 amide bonds. The molecule has 1 fully saturated rings. The number of halogens is 1. The highest BCUT2D eigenvalue weighted by molar-refractivity contribution is 5.86. The molecule has 2 atom stereocenters. The number of carbonyl (C=O) groups is 1. The average Bonchev–Trinajstić information content (AvgIpc) is 2.75. The molecule has 1 N–H and O–H groups in total. The second kappa shape index (κ2) is 8.72. The number of benzene rings is 3. The van der Waals surface area contributed by atoms with Crippen LogP contribution in [0.15, 0.2) is 66.7 Å². The summed E-state index contributed by atoms with van der Waals surface area (Å²) >= 11 is 0. The Labute approximate surface area is 170 Å². The Kier molecular flexibility index (Phi) is 5.88. The van der Waals surface area contributed by atoms with Crippen LogP contribution in [0.3, 0.4) is 0 Å². The van der Waals surface area contributed by atoms with Gasteiger partial charge in [-0.3, -0.25) is 4.79 Å². The Hall–Kier alpha value is -2.76. The minimum atomic E-state index is -0.272. The summed E-state index contributed by atoms with van der Waals surface area (Å²) in [6.07, 6.45) is -0.0782. The SMILES string of the molecule is CC(NCC1CN(Cc2ccc(F)cc2)C(=O)CO1)c1cccc2ccccc12. The van der Waals surface area contributed by atoms with Crippen LogP contribution >= 0.6 is 0 Å². The van der Waals surface area contributed by atoms with Crippen LogP contribution in [0, 0.1) is 5.82 Å². The molecule has 5 heteroatoms. The first-order chi connectivity index (χ1) is 14.1. The van der Waals surface area contributed by atoms with Gasteiger partial charge < -0.3 is 15.0 Å². The molecule has 1 heterocycles. The van der Waals surface area contributed by atoms with Crippen LogP contribution in [0.5, 0.6) is 0 Å². The van der Waals surface area contributed by atoms with E-state index < -0.39 is 0 Å². The largest absolute Gasteiger partial charge is 0.365 e. The average molecular weight is 392 g/mol. The van der Waals surface area contributed by atoms with Crippen molar-refractivity contribution in [2.45, 2.75) is 25.6 Å². The fraction of sp³-hybridized carbons (Fsp3) is 0.292. The lowest BCUT2D eigenvalue weighted by molar-refractivity contribution is -0.149. The summed E-state index contributed by atoms with van der Waals surface area (Å²) in [7, 11) is 0. The van der Waals surface area contributed by atoms with Crippen molar-refractivity contribution in [1.29, 1.82) is 0 Å². The number of fused-ring (bicyclic) bond motifs is 1. The Bertz CT molecular complexity index is 984. The van der Waals surface area contributed by atoms with Crippen LogP contribution in [0.4, 0.5) is 4.39 Å². The van der Waals surface area contributed by atoms with Gasteiger partial charge in [0.25, 0.3) is 0 Å². The monoisotopic (exact) mass is 392 g/mol. The van der Waals surface area contributed by atoms with E-state index in [9.17, 15) is 9.18 Å². The van der Waals surface area contributed by atoms with E-state index >= 15 is 0 Å². The highest BCUT2D eigenvalue weighted by Gasteiger charge is 2.26. The quantitative estimate of drug-likeness (QED) is 0.688. The number of nitrogens with one attached hydrogen (secondary N) is 1. The molecule has 0 aliphatic carbocycles. The molecule has 3 aromatic rings. The van der Waals surface area contributed by atoms with Gasteiger partial charge in [0, 0.05) is 25.7 Å². The minimum Gasteiger partial charge on any atom is -0.365 e. The first-order valence-corrected chi connectivity index (χ1v) is 9.95. The number of amides is 1. The van der Waals surface area contributed by atoms with E-state index in [0.717, 1.165) is 5.56 Å². The molecule has 0 spiro atoms. The van der Waals surface area contributed by atoms with Gasteiger partial charge >= 0.3 is 0 Å². The molecule has 1 aliphatic rings. The number of hydrogen-bond acceptors (Lipinski definition) is 3. The third kappa shape index (κ3) is 4.63. The van der Waals surface area contributed by atoms with Crippen LogP contribution in [-0.2, 0) is 16.1 Å². The Morgan fingerprint density at radius 1 is 1.10 bits per heavy atom. The maximum absolute atomic E-state index is 13.1. The van der Waals surface area contributed by atoms with Gasteiger partial charge in [-0.15, -0.1) is 0 Å². The van der Waals surface area contributed by atoms with Gasteiger partial charge in [-0.25, -0.2) is 4.39 Å². The highest BCUT2D eigenvalue weighted by Crippen LogP contribution is 2.24. The van der Waals surface area contributed by atoms with Gasteiger partial charge in [-0.05, 0) is 41.0 Å². The van der Waals surface area contributed by atoms with E-state index in [0.29, 0.717) is 19.6 Å². The number of morpholine rings is 1. The van der Waals surface area contributed by atoms with E-state index in [-0.39, 0.29) is 30.5 Å². The maximum Gasteiger partial charge on any atom is 0.248 e. The summed E-state index contributed by atoms with van der Waals surface area (Å²) in [6.45, 7) is 3.86. The molecule has 0 bridgehead atoms. The lowest BCUT2D eigenvalue weighted by Gasteiger charge is -2.33. The number of hydrogen-bond donors (Lipinski definition) is 1. The Balaban J connectivity index is 1.37. The van der Waals surface area contributed by atoms with Crippen molar-refractivity contribution in [1.82, 2.24) is 10.2 Å². The van der Waals surface area contributed by atoms with Crippen LogP contribution in [0.25, 0.3) is 10.8 Å². The normalized spacial score (nSPS) is 18.2. The first-order valence-electron chi connectivity index (χ1n) is 9.95. The lowest BCUT2D eigenvalue weighted by Crippen LogP contribution is -2.49. The summed E-state index contributed by atoms with van der Waals surface area (Å²) in [5.74, 6) is -0.306. The number of rotatable bonds is 6. The molecule has 0 radical (unpaired) electrons. The van der Waals surface area contributed by atoms with Crippen LogP contribution < -0.4 is 5.32 Å². The zero-order valence-corrected chi connectivity index (χ0v) is 16.5. The van der Waals surface area contributed by atoms with Crippen molar-refractivity contribution in [2.75, 3.05) is 19.7 Å². The minimum absolute atomic E-state index is 0.0346. The predicted molar refractivity (Wildman–Crippen MR) is 112 cm³/mol. The van der Waals surface area contributed by atoms with Crippen LogP contribution in [0.2, 0.25) is 0 Å². The lowest BCUT2D eigenvalue weighted by atomic mass is 9.99. The molecule has 4 nitrogen and oxygen atoms in total. The fourth-order valence-electron chi connectivity index (χ4n) is 3.81. The smallest absolute Gasteiger partial charge is 0.248 e. The topological polar surface area (TPSA) is 41.6 Å². The standard InChI is InChI=1S/C24H25FN2O2/c1-17(22-8-4-6-19-5-2-3-7-23(19)22)26-13-21-15-27(24(28)16-29-21)14-18-9-11-20(25)12-10-18/h2-12,17,21,26H,13-16H2,1H3. The number of carbonyl (C=O) groups excluding carboxylic acids is 1. The van der Waals surface area contributed by atoms with E-state index in [4.69, 9.17) is 4.74 Å². The summed E-state index contributed by atoms with van der Waals surface area (Å²) in [6, 6.07) is 21.1. The third-order valence-corrected chi connectivity index (χ3v) is 5.45. The Morgan fingerprint density at radius 2 is 1.86 bits per heavy atom. The second-order valence-corrected chi connectivity index (χ2v) is 7.53. The summed E-state index contributed by atoms with van der Waals surface area (Å²) in [5.41, 5.74) is 2.16. The summed E-state index contributed by atoms with van der Waals surface area (Å²) < 4.78 is 18.8. The predicted octanol–water partition coefficient (Wildman–Crippen LogP) is 4.06. The zero-order chi connectivity index (χ0) is 20.2. The van der Waals surface area contributed by atoms with Gasteiger partial charge in [0.15, 0.2) is 0 Å². The molecule has 2 unspecified atom stereocenters. The molecule has 0 saturated carbocycles. The second-order valence-electron chi connectivity index (χ2n) is 7.53. The molecule has 1 aliphatic heterocycles. The van der Waals surface area contributed by atoms with Crippen molar-refractivity contribution < 1.29 is 13.9 Å². The van der Waals surface area contributed by atoms with Crippen molar-refractivity contribution in [3.05, 3.63) is 83.7 Å². The van der Waals surface area contributed by atoms with E-state index in [2.05, 4.69) is 48.6 Å². The fourth-order valence-corrected chi connectivity index (χ4v) is 3.81. The number of ether oxygens (including phenoxy) is 1. The molecule has 4 rings (SSSR count). The van der Waals surface area contributed by atoms with E-state index in [1.807, 2.05) is 6.07 Å². The van der Waals surface area contributed by atoms with Gasteiger partial charge in [0.1, 0.15) is 12.4 Å². The molecular weight excluding hydrogens is 367 g/mol. The molecule has 29 heavy (non-hydrogen) atoms. The van der Waals surface area contributed by atoms with E-state index in [1.54, 1.807) is 17.0 Å². The van der Waals surface area contributed by atoms with Gasteiger partial charge in [0.2, 0.25) is 5.91 Å². The summed E-state index contributed by atoms with van der Waals surface area (Å²) in [4.78, 5) is 14.0. The molecule has 0 aromatic heterocycles. The molecule has 150 valence electrons. The van der Waals surface area contributed by atoms with E-state index in [1.165, 1.54) is 28.5 Å². The molecule has 1 saturated heterocycles. The van der Waals surface area contributed by atoms with Gasteiger partial charge in [-0.2, -0.15) is 0 Å². The number of nitrogens with zero attached hydrogens (tertiary/aromatic N) is 1. The van der Waals surface area contributed by atoms with Crippen LogP contribution in [0.1, 0.15) is 24.1 Å². The Morgan fingerprint density at radius 3 is 2.69 bits per heavy atom. The van der Waals surface area contributed by atoms with Crippen LogP contribution in [-0.4, -0.2) is 36.6 Å². The van der Waals surface area contributed by atoms with Crippen molar-refractivity contribution >= 4 is 16.7 Å². The maximum atomic E-state index is 13.1. The van der Waals surface area contributed by atoms with Gasteiger partial charge in [-0.1, -0.05) is 54.6 Å². The van der Waals surface area contributed by atoms with Crippen molar-refractivity contribution in [3.63, 3.8) is 0 Å². The molecular formula is C24H25FN2O2. The van der Waals surface area contributed by atoms with Crippen molar-refractivity contribution in [2.24, 2.45) is 0 Å². The first kappa shape index (κ1) is 19.6. The zero-order valence-electron chi connectivity index (χ0n) is 16.5. The highest BCUT2D eigenvalue weighted by atomic mass is 19.1.